The van der Waals surface area contributed by atoms with E-state index in [0.29, 0.717) is 30.2 Å². The Hall–Kier alpha value is -2.24. The summed E-state index contributed by atoms with van der Waals surface area (Å²) in [6, 6.07) is 14.2. The Bertz CT molecular complexity index is 814. The van der Waals surface area contributed by atoms with Gasteiger partial charge in [-0.3, -0.25) is 4.79 Å². The number of hydrogen-bond acceptors (Lipinski definition) is 2. The lowest BCUT2D eigenvalue weighted by molar-refractivity contribution is -0.124. The number of urea groups is 1. The van der Waals surface area contributed by atoms with Crippen LogP contribution in [0.15, 0.2) is 48.5 Å². The van der Waals surface area contributed by atoms with Crippen LogP contribution in [0.4, 0.5) is 10.5 Å². The first-order valence-corrected chi connectivity index (χ1v) is 9.65. The molecule has 1 atom stereocenters. The molecule has 0 radical (unpaired) electrons. The highest BCUT2D eigenvalue weighted by atomic mass is 35.5. The minimum Gasteiger partial charge on any atom is -0.354 e. The van der Waals surface area contributed by atoms with Crippen molar-refractivity contribution < 1.29 is 9.59 Å². The first-order valence-electron chi connectivity index (χ1n) is 8.89. The summed E-state index contributed by atoms with van der Waals surface area (Å²) in [5.74, 6) is -0.129. The summed E-state index contributed by atoms with van der Waals surface area (Å²) in [6.45, 7) is 1.07. The standard InChI is InChI=1S/C20H21Cl2N3O2/c21-15-8-4-9-16(18(15)22)24-20(27)25-13-5-10-17(25)19(26)23-12-11-14-6-2-1-3-7-14/h1-4,6-9,17H,5,10-13H2,(H,23,26)(H,24,27). The van der Waals surface area contributed by atoms with Crippen molar-refractivity contribution in [1.29, 1.82) is 0 Å². The number of carbonyl (C=O) groups is 2. The lowest BCUT2D eigenvalue weighted by Gasteiger charge is -2.24. The van der Waals surface area contributed by atoms with Crippen molar-refractivity contribution >= 4 is 40.8 Å². The smallest absolute Gasteiger partial charge is 0.322 e. The monoisotopic (exact) mass is 405 g/mol. The van der Waals surface area contributed by atoms with Crippen LogP contribution in [0.3, 0.4) is 0 Å². The number of nitrogens with one attached hydrogen (secondary N) is 2. The number of anilines is 1. The molecule has 1 aliphatic rings. The van der Waals surface area contributed by atoms with Gasteiger partial charge in [-0.05, 0) is 37.0 Å². The van der Waals surface area contributed by atoms with E-state index in [-0.39, 0.29) is 17.0 Å². The summed E-state index contributed by atoms with van der Waals surface area (Å²) in [7, 11) is 0. The normalized spacial score (nSPS) is 16.2. The molecule has 2 aromatic rings. The highest BCUT2D eigenvalue weighted by Crippen LogP contribution is 2.30. The van der Waals surface area contributed by atoms with Crippen LogP contribution in [0.5, 0.6) is 0 Å². The number of hydrogen-bond donors (Lipinski definition) is 2. The average Bonchev–Trinajstić information content (AvgIpc) is 3.16. The molecule has 27 heavy (non-hydrogen) atoms. The van der Waals surface area contributed by atoms with Crippen molar-refractivity contribution in [1.82, 2.24) is 10.2 Å². The second-order valence-corrected chi connectivity index (χ2v) is 7.19. The van der Waals surface area contributed by atoms with Crippen LogP contribution in [-0.2, 0) is 11.2 Å². The number of benzene rings is 2. The third-order valence-electron chi connectivity index (χ3n) is 4.57. The zero-order valence-corrected chi connectivity index (χ0v) is 16.3. The number of carbonyl (C=O) groups excluding carboxylic acids is 2. The maximum atomic E-state index is 12.6. The first kappa shape index (κ1) is 19.5. The van der Waals surface area contributed by atoms with Gasteiger partial charge in [0.15, 0.2) is 0 Å². The average molecular weight is 406 g/mol. The van der Waals surface area contributed by atoms with Crippen molar-refractivity contribution in [2.75, 3.05) is 18.4 Å². The van der Waals surface area contributed by atoms with Gasteiger partial charge in [0.25, 0.3) is 0 Å². The molecule has 1 fully saturated rings. The lowest BCUT2D eigenvalue weighted by Crippen LogP contribution is -2.47. The molecule has 0 aromatic heterocycles. The molecule has 3 rings (SSSR count). The molecule has 142 valence electrons. The predicted molar refractivity (Wildman–Crippen MR) is 108 cm³/mol. The number of amides is 3. The number of nitrogens with zero attached hydrogens (tertiary/aromatic N) is 1. The summed E-state index contributed by atoms with van der Waals surface area (Å²) in [5.41, 5.74) is 1.60. The Morgan fingerprint density at radius 1 is 1.07 bits per heavy atom. The Morgan fingerprint density at radius 2 is 1.85 bits per heavy atom. The highest BCUT2D eigenvalue weighted by molar-refractivity contribution is 6.43. The zero-order valence-electron chi connectivity index (χ0n) is 14.8. The van der Waals surface area contributed by atoms with E-state index < -0.39 is 6.04 Å². The third kappa shape index (κ3) is 4.93. The maximum absolute atomic E-state index is 12.6. The summed E-state index contributed by atoms with van der Waals surface area (Å²) < 4.78 is 0. The molecule has 2 N–H and O–H groups in total. The van der Waals surface area contributed by atoms with Gasteiger partial charge in [-0.25, -0.2) is 4.79 Å². The van der Waals surface area contributed by atoms with Gasteiger partial charge in [0, 0.05) is 13.1 Å². The van der Waals surface area contributed by atoms with E-state index in [2.05, 4.69) is 10.6 Å². The van der Waals surface area contributed by atoms with Gasteiger partial charge < -0.3 is 15.5 Å². The minimum atomic E-state index is -0.473. The fourth-order valence-electron chi connectivity index (χ4n) is 3.16. The molecule has 0 spiro atoms. The van der Waals surface area contributed by atoms with Crippen LogP contribution in [0.2, 0.25) is 10.0 Å². The molecular formula is C20H21Cl2N3O2. The van der Waals surface area contributed by atoms with Crippen LogP contribution < -0.4 is 10.6 Å². The van der Waals surface area contributed by atoms with Crippen LogP contribution in [0.1, 0.15) is 18.4 Å². The van der Waals surface area contributed by atoms with Crippen molar-refractivity contribution in [3.05, 3.63) is 64.1 Å². The van der Waals surface area contributed by atoms with Gasteiger partial charge in [0.1, 0.15) is 6.04 Å². The molecule has 5 nitrogen and oxygen atoms in total. The third-order valence-corrected chi connectivity index (χ3v) is 5.38. The van der Waals surface area contributed by atoms with Crippen LogP contribution in [0.25, 0.3) is 0 Å². The summed E-state index contributed by atoms with van der Waals surface area (Å²) in [6.07, 6.45) is 2.19. The zero-order chi connectivity index (χ0) is 19.2. The molecule has 1 heterocycles. The molecular weight excluding hydrogens is 385 g/mol. The van der Waals surface area contributed by atoms with Crippen molar-refractivity contribution in [2.24, 2.45) is 0 Å². The lowest BCUT2D eigenvalue weighted by atomic mass is 10.1. The van der Waals surface area contributed by atoms with Gasteiger partial charge in [-0.15, -0.1) is 0 Å². The molecule has 0 aliphatic carbocycles. The topological polar surface area (TPSA) is 61.4 Å². The molecule has 2 aromatic carbocycles. The minimum absolute atomic E-state index is 0.129. The highest BCUT2D eigenvalue weighted by Gasteiger charge is 2.34. The van der Waals surface area contributed by atoms with Gasteiger partial charge in [0.2, 0.25) is 5.91 Å². The molecule has 3 amide bonds. The van der Waals surface area contributed by atoms with Crippen LogP contribution >= 0.6 is 23.2 Å². The summed E-state index contributed by atoms with van der Waals surface area (Å²) in [4.78, 5) is 26.7. The SMILES string of the molecule is O=C(NCCc1ccccc1)C1CCCN1C(=O)Nc1cccc(Cl)c1Cl. The maximum Gasteiger partial charge on any atom is 0.322 e. The van der Waals surface area contributed by atoms with E-state index in [9.17, 15) is 9.59 Å². The molecule has 0 bridgehead atoms. The van der Waals surface area contributed by atoms with Gasteiger partial charge >= 0.3 is 6.03 Å². The Balaban J connectivity index is 1.56. The molecule has 1 saturated heterocycles. The Morgan fingerprint density at radius 3 is 2.63 bits per heavy atom. The largest absolute Gasteiger partial charge is 0.354 e. The van der Waals surface area contributed by atoms with E-state index in [1.54, 1.807) is 23.1 Å². The second-order valence-electron chi connectivity index (χ2n) is 6.41. The van der Waals surface area contributed by atoms with E-state index >= 15 is 0 Å². The van der Waals surface area contributed by atoms with Crippen LogP contribution in [0, 0.1) is 0 Å². The van der Waals surface area contributed by atoms with Crippen molar-refractivity contribution in [3.63, 3.8) is 0 Å². The number of rotatable bonds is 5. The van der Waals surface area contributed by atoms with E-state index in [4.69, 9.17) is 23.2 Å². The fourth-order valence-corrected chi connectivity index (χ4v) is 3.51. The Kier molecular flexibility index (Phi) is 6.58. The van der Waals surface area contributed by atoms with Gasteiger partial charge in [0.05, 0.1) is 15.7 Å². The van der Waals surface area contributed by atoms with Gasteiger partial charge in [-0.2, -0.15) is 0 Å². The second kappa shape index (κ2) is 9.11. The summed E-state index contributed by atoms with van der Waals surface area (Å²) >= 11 is 12.1. The van der Waals surface area contributed by atoms with Crippen LogP contribution in [-0.4, -0.2) is 36.0 Å². The number of likely N-dealkylation sites (tertiary alicyclic amines) is 1. The van der Waals surface area contributed by atoms with Crippen molar-refractivity contribution in [3.8, 4) is 0 Å². The van der Waals surface area contributed by atoms with Crippen molar-refractivity contribution in [2.45, 2.75) is 25.3 Å². The Labute approximate surface area is 168 Å². The quantitative estimate of drug-likeness (QED) is 0.776. The number of halogens is 2. The molecule has 1 unspecified atom stereocenters. The van der Waals surface area contributed by atoms with E-state index in [1.807, 2.05) is 30.3 Å². The molecule has 1 aliphatic heterocycles. The fraction of sp³-hybridized carbons (Fsp3) is 0.300. The van der Waals surface area contributed by atoms with E-state index in [0.717, 1.165) is 18.4 Å². The molecule has 7 heteroatoms. The van der Waals surface area contributed by atoms with E-state index in [1.165, 1.54) is 0 Å². The predicted octanol–water partition coefficient (Wildman–Crippen LogP) is 4.35. The summed E-state index contributed by atoms with van der Waals surface area (Å²) in [5, 5.41) is 6.34. The van der Waals surface area contributed by atoms with Gasteiger partial charge in [-0.1, -0.05) is 59.6 Å². The first-order chi connectivity index (χ1) is 13.1. The molecule has 0 saturated carbocycles.